The number of hydrogen-bond acceptors (Lipinski definition) is 6. The average molecular weight is 413 g/mol. The highest BCUT2D eigenvalue weighted by Gasteiger charge is 2.19. The molecule has 7 nitrogen and oxygen atoms in total. The normalized spacial score (nSPS) is 13.2. The number of benzene rings is 2. The monoisotopic (exact) mass is 413 g/mol. The number of rotatable bonds is 8. The van der Waals surface area contributed by atoms with Gasteiger partial charge in [0.25, 0.3) is 0 Å². The number of amides is 1. The van der Waals surface area contributed by atoms with Gasteiger partial charge in [0.15, 0.2) is 0 Å². The first-order valence-corrected chi connectivity index (χ1v) is 10.0. The third-order valence-corrected chi connectivity index (χ3v) is 4.88. The second kappa shape index (κ2) is 9.28. The fraction of sp³-hybridized carbons (Fsp3) is 0.208. The molecule has 0 radical (unpaired) electrons. The van der Waals surface area contributed by atoms with E-state index in [0.29, 0.717) is 35.4 Å². The van der Waals surface area contributed by atoms with E-state index in [1.165, 1.54) is 25.2 Å². The fourth-order valence-electron chi connectivity index (χ4n) is 3.14. The second-order valence-corrected chi connectivity index (χ2v) is 7.22. The van der Waals surface area contributed by atoms with Gasteiger partial charge in [-0.3, -0.25) is 4.79 Å². The molecule has 1 amide bonds. The van der Waals surface area contributed by atoms with Crippen LogP contribution in [-0.2, 0) is 4.79 Å². The Morgan fingerprint density at radius 1 is 1.29 bits per heavy atom. The third kappa shape index (κ3) is 5.18. The molecule has 3 N–H and O–H groups in total. The van der Waals surface area contributed by atoms with Gasteiger partial charge in [-0.25, -0.2) is 9.97 Å². The van der Waals surface area contributed by atoms with Gasteiger partial charge >= 0.3 is 0 Å². The van der Waals surface area contributed by atoms with E-state index < -0.39 is 0 Å². The van der Waals surface area contributed by atoms with Crippen LogP contribution in [0.1, 0.15) is 18.4 Å². The molecule has 31 heavy (non-hydrogen) atoms. The number of fused-ring (bicyclic) bond motifs is 1. The number of aromatic nitrogens is 2. The van der Waals surface area contributed by atoms with Crippen molar-refractivity contribution in [2.24, 2.45) is 0 Å². The SMILES string of the molecule is C#Cc1cccc(Nc2ncnc3cc(OC)c(NC(=O)C=CCNC4CC4)cc23)c1. The van der Waals surface area contributed by atoms with Gasteiger partial charge in [0.1, 0.15) is 17.9 Å². The smallest absolute Gasteiger partial charge is 0.248 e. The fourth-order valence-corrected chi connectivity index (χ4v) is 3.14. The molecule has 3 aromatic rings. The van der Waals surface area contributed by atoms with Crippen LogP contribution in [0.15, 0.2) is 54.9 Å². The molecule has 4 rings (SSSR count). The summed E-state index contributed by atoms with van der Waals surface area (Å²) in [6.45, 7) is 0.672. The number of anilines is 3. The van der Waals surface area contributed by atoms with Crippen LogP contribution in [0.2, 0.25) is 0 Å². The number of nitrogens with zero attached hydrogens (tertiary/aromatic N) is 2. The Morgan fingerprint density at radius 2 is 2.16 bits per heavy atom. The zero-order chi connectivity index (χ0) is 21.6. The Morgan fingerprint density at radius 3 is 2.94 bits per heavy atom. The molecule has 0 bridgehead atoms. The van der Waals surface area contributed by atoms with Crippen molar-refractivity contribution in [1.29, 1.82) is 0 Å². The minimum Gasteiger partial charge on any atom is -0.494 e. The van der Waals surface area contributed by atoms with Crippen LogP contribution in [0.3, 0.4) is 0 Å². The zero-order valence-electron chi connectivity index (χ0n) is 17.2. The molecule has 1 aromatic heterocycles. The van der Waals surface area contributed by atoms with E-state index in [4.69, 9.17) is 11.2 Å². The molecule has 1 heterocycles. The largest absolute Gasteiger partial charge is 0.494 e. The molecule has 0 unspecified atom stereocenters. The predicted octanol–water partition coefficient (Wildman–Crippen LogP) is 3.61. The van der Waals surface area contributed by atoms with Crippen molar-refractivity contribution in [3.63, 3.8) is 0 Å². The molecule has 7 heteroatoms. The summed E-state index contributed by atoms with van der Waals surface area (Å²) in [6.07, 6.45) is 12.7. The summed E-state index contributed by atoms with van der Waals surface area (Å²) < 4.78 is 5.45. The number of hydrogen-bond donors (Lipinski definition) is 3. The van der Waals surface area contributed by atoms with Gasteiger partial charge in [-0.15, -0.1) is 6.42 Å². The van der Waals surface area contributed by atoms with Crippen LogP contribution in [0.25, 0.3) is 10.9 Å². The van der Waals surface area contributed by atoms with Gasteiger partial charge in [0, 0.05) is 41.4 Å². The number of carbonyl (C=O) groups is 1. The summed E-state index contributed by atoms with van der Waals surface area (Å²) in [4.78, 5) is 21.1. The lowest BCUT2D eigenvalue weighted by Crippen LogP contribution is -2.16. The number of nitrogens with one attached hydrogen (secondary N) is 3. The van der Waals surface area contributed by atoms with Crippen LogP contribution < -0.4 is 20.7 Å². The number of terminal acetylenes is 1. The Balaban J connectivity index is 1.58. The third-order valence-electron chi connectivity index (χ3n) is 4.88. The molecule has 1 aliphatic rings. The van der Waals surface area contributed by atoms with Crippen molar-refractivity contribution >= 4 is 34.0 Å². The van der Waals surface area contributed by atoms with E-state index >= 15 is 0 Å². The lowest BCUT2D eigenvalue weighted by Gasteiger charge is -2.13. The minimum absolute atomic E-state index is 0.233. The summed E-state index contributed by atoms with van der Waals surface area (Å²) in [5.74, 6) is 3.50. The highest BCUT2D eigenvalue weighted by atomic mass is 16.5. The number of ether oxygens (including phenoxy) is 1. The van der Waals surface area contributed by atoms with Crippen LogP contribution >= 0.6 is 0 Å². The molecule has 1 saturated carbocycles. The van der Waals surface area contributed by atoms with Crippen molar-refractivity contribution in [2.45, 2.75) is 18.9 Å². The quantitative estimate of drug-likeness (QED) is 0.386. The number of methoxy groups -OCH3 is 1. The van der Waals surface area contributed by atoms with E-state index in [-0.39, 0.29) is 5.91 Å². The summed E-state index contributed by atoms with van der Waals surface area (Å²) in [5.41, 5.74) is 2.79. The topological polar surface area (TPSA) is 88.2 Å². The maximum Gasteiger partial charge on any atom is 0.248 e. The van der Waals surface area contributed by atoms with Crippen molar-refractivity contribution in [3.8, 4) is 18.1 Å². The van der Waals surface area contributed by atoms with Gasteiger partial charge in [-0.1, -0.05) is 18.1 Å². The van der Waals surface area contributed by atoms with Gasteiger partial charge in [0.2, 0.25) is 5.91 Å². The average Bonchev–Trinajstić information content (AvgIpc) is 3.61. The molecule has 156 valence electrons. The summed E-state index contributed by atoms with van der Waals surface area (Å²) >= 11 is 0. The summed E-state index contributed by atoms with van der Waals surface area (Å²) in [5, 5.41) is 10.2. The maximum atomic E-state index is 12.4. The van der Waals surface area contributed by atoms with Crippen LogP contribution in [-0.4, -0.2) is 35.6 Å². The summed E-state index contributed by atoms with van der Waals surface area (Å²) in [6, 6.07) is 11.7. The van der Waals surface area contributed by atoms with E-state index in [9.17, 15) is 4.79 Å². The van der Waals surface area contributed by atoms with Crippen molar-refractivity contribution in [3.05, 3.63) is 60.4 Å². The Bertz CT molecular complexity index is 1180. The van der Waals surface area contributed by atoms with E-state index in [1.807, 2.05) is 30.3 Å². The first-order chi connectivity index (χ1) is 15.2. The minimum atomic E-state index is -0.233. The Kier molecular flexibility index (Phi) is 6.11. The van der Waals surface area contributed by atoms with E-state index in [1.54, 1.807) is 19.2 Å². The molecular formula is C24H23N5O2. The van der Waals surface area contributed by atoms with Gasteiger partial charge in [0.05, 0.1) is 18.3 Å². The second-order valence-electron chi connectivity index (χ2n) is 7.22. The molecular weight excluding hydrogens is 390 g/mol. The number of carbonyl (C=O) groups excluding carboxylic acids is 1. The lowest BCUT2D eigenvalue weighted by atomic mass is 10.1. The molecule has 0 atom stereocenters. The van der Waals surface area contributed by atoms with Crippen molar-refractivity contribution in [2.75, 3.05) is 24.3 Å². The van der Waals surface area contributed by atoms with Crippen LogP contribution in [0, 0.1) is 12.3 Å². The van der Waals surface area contributed by atoms with Gasteiger partial charge < -0.3 is 20.7 Å². The lowest BCUT2D eigenvalue weighted by molar-refractivity contribution is -0.111. The van der Waals surface area contributed by atoms with Crippen LogP contribution in [0.4, 0.5) is 17.2 Å². The molecule has 2 aromatic carbocycles. The molecule has 1 fully saturated rings. The van der Waals surface area contributed by atoms with Crippen molar-refractivity contribution in [1.82, 2.24) is 15.3 Å². The highest BCUT2D eigenvalue weighted by molar-refractivity contribution is 6.03. The standard InChI is InChI=1S/C24H23N5O2/c1-3-16-6-4-7-18(12-16)28-24-19-13-21(22(31-2)14-20(19)26-15-27-24)29-23(30)8-5-11-25-17-9-10-17/h1,4-8,12-15,17,25H,9-11H2,2H3,(H,29,30)(H,26,27,28). The predicted molar refractivity (Wildman–Crippen MR) is 123 cm³/mol. The maximum absolute atomic E-state index is 12.4. The van der Waals surface area contributed by atoms with Gasteiger partial charge in [-0.05, 0) is 37.1 Å². The Labute approximate surface area is 180 Å². The first kappa shape index (κ1) is 20.4. The van der Waals surface area contributed by atoms with Gasteiger partial charge in [-0.2, -0.15) is 0 Å². The van der Waals surface area contributed by atoms with Crippen LogP contribution in [0.5, 0.6) is 5.75 Å². The summed E-state index contributed by atoms with van der Waals surface area (Å²) in [7, 11) is 1.55. The zero-order valence-corrected chi connectivity index (χ0v) is 17.2. The van der Waals surface area contributed by atoms with Crippen molar-refractivity contribution < 1.29 is 9.53 Å². The molecule has 0 spiro atoms. The van der Waals surface area contributed by atoms with E-state index in [0.717, 1.165) is 16.6 Å². The molecule has 0 aliphatic heterocycles. The molecule has 1 aliphatic carbocycles. The first-order valence-electron chi connectivity index (χ1n) is 10.0. The van der Waals surface area contributed by atoms with E-state index in [2.05, 4.69) is 31.8 Å². The Hall–Kier alpha value is -3.89. The highest BCUT2D eigenvalue weighted by Crippen LogP contribution is 2.33. The molecule has 0 saturated heterocycles.